The molecular formula is C9H19F3N2S. The van der Waals surface area contributed by atoms with Gasteiger partial charge in [0.1, 0.15) is 0 Å². The van der Waals surface area contributed by atoms with E-state index >= 15 is 0 Å². The van der Waals surface area contributed by atoms with Crippen LogP contribution in [-0.2, 0) is 0 Å². The van der Waals surface area contributed by atoms with Gasteiger partial charge < -0.3 is 10.6 Å². The van der Waals surface area contributed by atoms with E-state index in [1.54, 1.807) is 0 Å². The molecule has 2 N–H and O–H groups in total. The summed E-state index contributed by atoms with van der Waals surface area (Å²) in [4.78, 5) is 0. The molecule has 0 aliphatic heterocycles. The highest BCUT2D eigenvalue weighted by molar-refractivity contribution is 8.00. The van der Waals surface area contributed by atoms with E-state index in [1.807, 2.05) is 20.8 Å². The van der Waals surface area contributed by atoms with Gasteiger partial charge in [-0.3, -0.25) is 0 Å². The second-order valence-electron chi connectivity index (χ2n) is 4.22. The largest absolute Gasteiger partial charge is 0.441 e. The molecule has 0 aromatic heterocycles. The van der Waals surface area contributed by atoms with E-state index in [1.165, 1.54) is 0 Å². The van der Waals surface area contributed by atoms with Crippen molar-refractivity contribution in [3.8, 4) is 0 Å². The van der Waals surface area contributed by atoms with E-state index in [4.69, 9.17) is 0 Å². The molecule has 15 heavy (non-hydrogen) atoms. The van der Waals surface area contributed by atoms with Gasteiger partial charge in [-0.2, -0.15) is 13.2 Å². The average Bonchev–Trinajstić information content (AvgIpc) is 1.98. The van der Waals surface area contributed by atoms with Crippen LogP contribution in [0.4, 0.5) is 13.2 Å². The summed E-state index contributed by atoms with van der Waals surface area (Å²) < 4.78 is 35.1. The van der Waals surface area contributed by atoms with Gasteiger partial charge >= 0.3 is 5.51 Å². The van der Waals surface area contributed by atoms with E-state index in [0.29, 0.717) is 13.1 Å². The second kappa shape index (κ2) is 6.60. The lowest BCUT2D eigenvalue weighted by Gasteiger charge is -2.20. The predicted octanol–water partition coefficient (Wildman–Crippen LogP) is 2.22. The van der Waals surface area contributed by atoms with Crippen LogP contribution < -0.4 is 10.6 Å². The number of rotatable bonds is 6. The quantitative estimate of drug-likeness (QED) is 0.701. The maximum Gasteiger partial charge on any atom is 0.441 e. The molecule has 0 saturated carbocycles. The van der Waals surface area contributed by atoms with Gasteiger partial charge in [0.2, 0.25) is 0 Å². The Morgan fingerprint density at radius 3 is 2.07 bits per heavy atom. The standard InChI is InChI=1S/C9H19F3N2S/c1-8(2,3)14-5-4-13-6-7-15-9(10,11)12/h13-14H,4-7H2,1-3H3. The van der Waals surface area contributed by atoms with Crippen molar-refractivity contribution >= 4 is 11.8 Å². The molecule has 0 unspecified atom stereocenters. The van der Waals surface area contributed by atoms with Gasteiger partial charge in [0.05, 0.1) is 0 Å². The molecule has 2 nitrogen and oxygen atoms in total. The third-order valence-electron chi connectivity index (χ3n) is 1.50. The summed E-state index contributed by atoms with van der Waals surface area (Å²) in [5.41, 5.74) is -4.05. The van der Waals surface area contributed by atoms with Crippen LogP contribution in [0.25, 0.3) is 0 Å². The molecule has 0 atom stereocenters. The Balaban J connectivity index is 3.20. The van der Waals surface area contributed by atoms with Crippen LogP contribution in [0.3, 0.4) is 0 Å². The fraction of sp³-hybridized carbons (Fsp3) is 1.00. The van der Waals surface area contributed by atoms with Crippen molar-refractivity contribution in [3.63, 3.8) is 0 Å². The van der Waals surface area contributed by atoms with Gasteiger partial charge in [0.25, 0.3) is 0 Å². The van der Waals surface area contributed by atoms with Gasteiger partial charge in [0.15, 0.2) is 0 Å². The molecule has 0 aromatic rings. The van der Waals surface area contributed by atoms with Crippen LogP contribution in [0.2, 0.25) is 0 Å². The van der Waals surface area contributed by atoms with Gasteiger partial charge in [-0.05, 0) is 32.5 Å². The SMILES string of the molecule is CC(C)(C)NCCNCCSC(F)(F)F. The Kier molecular flexibility index (Phi) is 6.63. The van der Waals surface area contributed by atoms with Crippen molar-refractivity contribution in [2.45, 2.75) is 31.8 Å². The minimum atomic E-state index is -4.11. The summed E-state index contributed by atoms with van der Waals surface area (Å²) in [6.45, 7) is 7.98. The van der Waals surface area contributed by atoms with Crippen molar-refractivity contribution in [2.24, 2.45) is 0 Å². The van der Waals surface area contributed by atoms with E-state index < -0.39 is 5.51 Å². The van der Waals surface area contributed by atoms with Crippen LogP contribution in [0.1, 0.15) is 20.8 Å². The van der Waals surface area contributed by atoms with Crippen LogP contribution in [0, 0.1) is 0 Å². The Morgan fingerprint density at radius 2 is 1.60 bits per heavy atom. The summed E-state index contributed by atoms with van der Waals surface area (Å²) in [7, 11) is 0. The second-order valence-corrected chi connectivity index (χ2v) is 5.38. The number of nitrogens with one attached hydrogen (secondary N) is 2. The number of thioether (sulfide) groups is 1. The topological polar surface area (TPSA) is 24.1 Å². The molecule has 92 valence electrons. The minimum Gasteiger partial charge on any atom is -0.315 e. The van der Waals surface area contributed by atoms with Crippen molar-refractivity contribution in [1.29, 1.82) is 0 Å². The van der Waals surface area contributed by atoms with Gasteiger partial charge in [-0.1, -0.05) is 0 Å². The predicted molar refractivity (Wildman–Crippen MR) is 59.1 cm³/mol. The van der Waals surface area contributed by atoms with Crippen LogP contribution >= 0.6 is 11.8 Å². The number of hydrogen-bond donors (Lipinski definition) is 2. The van der Waals surface area contributed by atoms with Crippen LogP contribution in [0.5, 0.6) is 0 Å². The molecule has 0 saturated heterocycles. The van der Waals surface area contributed by atoms with Crippen molar-refractivity contribution in [2.75, 3.05) is 25.4 Å². The lowest BCUT2D eigenvalue weighted by atomic mass is 10.1. The van der Waals surface area contributed by atoms with E-state index in [0.717, 1.165) is 6.54 Å². The lowest BCUT2D eigenvalue weighted by molar-refractivity contribution is -0.0327. The first-order valence-corrected chi connectivity index (χ1v) is 5.86. The molecule has 0 radical (unpaired) electrons. The normalized spacial score (nSPS) is 13.2. The van der Waals surface area contributed by atoms with Gasteiger partial charge in [-0.25, -0.2) is 0 Å². The molecule has 0 aromatic carbocycles. The smallest absolute Gasteiger partial charge is 0.315 e. The van der Waals surface area contributed by atoms with E-state index in [2.05, 4.69) is 10.6 Å². The molecule has 0 heterocycles. The first kappa shape index (κ1) is 15.1. The van der Waals surface area contributed by atoms with Gasteiger partial charge in [-0.15, -0.1) is 0 Å². The average molecular weight is 244 g/mol. The summed E-state index contributed by atoms with van der Waals surface area (Å²) in [6, 6.07) is 0. The fourth-order valence-corrected chi connectivity index (χ4v) is 1.37. The zero-order chi connectivity index (χ0) is 11.9. The number of hydrogen-bond acceptors (Lipinski definition) is 3. The monoisotopic (exact) mass is 244 g/mol. The zero-order valence-electron chi connectivity index (χ0n) is 9.37. The van der Waals surface area contributed by atoms with Crippen molar-refractivity contribution in [1.82, 2.24) is 10.6 Å². The molecule has 0 rings (SSSR count). The summed E-state index contributed by atoms with van der Waals surface area (Å²) in [5.74, 6) is 0.0685. The van der Waals surface area contributed by atoms with Gasteiger partial charge in [0, 0.05) is 30.9 Å². The van der Waals surface area contributed by atoms with Crippen LogP contribution in [-0.4, -0.2) is 36.4 Å². The summed E-state index contributed by atoms with van der Waals surface area (Å²) >= 11 is 0.0142. The summed E-state index contributed by atoms with van der Waals surface area (Å²) in [6.07, 6.45) is 0. The zero-order valence-corrected chi connectivity index (χ0v) is 10.2. The lowest BCUT2D eigenvalue weighted by Crippen LogP contribution is -2.40. The minimum absolute atomic E-state index is 0.0142. The number of halogens is 3. The first-order valence-electron chi connectivity index (χ1n) is 4.87. The van der Waals surface area contributed by atoms with E-state index in [9.17, 15) is 13.2 Å². The highest BCUT2D eigenvalue weighted by atomic mass is 32.2. The third kappa shape index (κ3) is 14.1. The molecule has 6 heteroatoms. The molecule has 0 fully saturated rings. The first-order chi connectivity index (χ1) is 6.71. The van der Waals surface area contributed by atoms with Crippen molar-refractivity contribution < 1.29 is 13.2 Å². The molecule has 0 spiro atoms. The Bertz CT molecular complexity index is 148. The third-order valence-corrected chi connectivity index (χ3v) is 2.24. The maximum atomic E-state index is 11.7. The molecular weight excluding hydrogens is 225 g/mol. The fourth-order valence-electron chi connectivity index (χ4n) is 0.890. The molecule has 0 aliphatic rings. The Morgan fingerprint density at radius 1 is 1.00 bits per heavy atom. The molecule has 0 amide bonds. The summed E-state index contributed by atoms with van der Waals surface area (Å²) in [5, 5.41) is 6.18. The Labute approximate surface area is 93.4 Å². The highest BCUT2D eigenvalue weighted by Crippen LogP contribution is 2.29. The highest BCUT2D eigenvalue weighted by Gasteiger charge is 2.27. The van der Waals surface area contributed by atoms with Crippen LogP contribution in [0.15, 0.2) is 0 Å². The molecule has 0 bridgehead atoms. The number of alkyl halides is 3. The molecule has 0 aliphatic carbocycles. The van der Waals surface area contributed by atoms with E-state index in [-0.39, 0.29) is 23.1 Å². The maximum absolute atomic E-state index is 11.7. The Hall–Kier alpha value is 0.0600. The van der Waals surface area contributed by atoms with Crippen molar-refractivity contribution in [3.05, 3.63) is 0 Å².